The normalized spacial score (nSPS) is 22.3. The number of rotatable bonds is 8. The van der Waals surface area contributed by atoms with E-state index in [1.807, 2.05) is 54.6 Å². The van der Waals surface area contributed by atoms with Crippen molar-refractivity contribution in [2.45, 2.75) is 49.7 Å². The van der Waals surface area contributed by atoms with Gasteiger partial charge in [0.25, 0.3) is 5.91 Å². The molecule has 2 aliphatic heterocycles. The number of amides is 2. The van der Waals surface area contributed by atoms with Gasteiger partial charge in [0.15, 0.2) is 20.9 Å². The maximum Gasteiger partial charge on any atom is 0.414 e. The van der Waals surface area contributed by atoms with Crippen molar-refractivity contribution in [2.24, 2.45) is 0 Å². The molecule has 10 heteroatoms. The molecule has 2 fully saturated rings. The summed E-state index contributed by atoms with van der Waals surface area (Å²) in [7, 11) is -3.88. The standard InChI is InChI=1S/C25H30N2O7S/c1-25(35(2,30)31,23(28)26-34-22-10-6-7-15-32-22)16-21-17-27(24(29)33-21)20-13-11-19(12-14-20)18-8-4-3-5-9-18/h3-5,8-9,11-14,21-22H,6-7,10,15-17H2,1-2H3,(H,26,28)/t21-,22?,25+/m0/s1. The predicted octanol–water partition coefficient (Wildman–Crippen LogP) is 3.45. The van der Waals surface area contributed by atoms with E-state index in [9.17, 15) is 18.0 Å². The zero-order valence-electron chi connectivity index (χ0n) is 19.8. The molecule has 0 radical (unpaired) electrons. The van der Waals surface area contributed by atoms with E-state index in [0.29, 0.717) is 18.7 Å². The number of benzene rings is 2. The fourth-order valence-electron chi connectivity index (χ4n) is 4.18. The van der Waals surface area contributed by atoms with E-state index in [-0.39, 0.29) is 13.0 Å². The Morgan fingerprint density at radius 1 is 1.11 bits per heavy atom. The van der Waals surface area contributed by atoms with Crippen molar-refractivity contribution in [2.75, 3.05) is 24.3 Å². The molecule has 0 aromatic heterocycles. The van der Waals surface area contributed by atoms with Gasteiger partial charge >= 0.3 is 6.09 Å². The smallest absolute Gasteiger partial charge is 0.414 e. The van der Waals surface area contributed by atoms with Gasteiger partial charge in [-0.1, -0.05) is 42.5 Å². The van der Waals surface area contributed by atoms with E-state index in [1.165, 1.54) is 11.8 Å². The minimum absolute atomic E-state index is 0.120. The maximum atomic E-state index is 12.9. The summed E-state index contributed by atoms with van der Waals surface area (Å²) in [5.74, 6) is -0.823. The molecule has 0 spiro atoms. The number of anilines is 1. The van der Waals surface area contributed by atoms with Gasteiger partial charge < -0.3 is 9.47 Å². The lowest BCUT2D eigenvalue weighted by Gasteiger charge is -2.29. The van der Waals surface area contributed by atoms with Crippen LogP contribution in [0.5, 0.6) is 0 Å². The second-order valence-corrected chi connectivity index (χ2v) is 11.5. The molecule has 1 N–H and O–H groups in total. The van der Waals surface area contributed by atoms with Crippen molar-refractivity contribution in [3.05, 3.63) is 54.6 Å². The molecule has 2 saturated heterocycles. The van der Waals surface area contributed by atoms with Crippen molar-refractivity contribution in [1.82, 2.24) is 5.48 Å². The van der Waals surface area contributed by atoms with Gasteiger partial charge in [-0.25, -0.2) is 23.5 Å². The van der Waals surface area contributed by atoms with Crippen LogP contribution in [0.25, 0.3) is 11.1 Å². The Hall–Kier alpha value is -2.95. The van der Waals surface area contributed by atoms with E-state index in [0.717, 1.165) is 30.2 Å². The molecule has 2 aliphatic rings. The van der Waals surface area contributed by atoms with Crippen molar-refractivity contribution in [1.29, 1.82) is 0 Å². The van der Waals surface area contributed by atoms with Crippen molar-refractivity contribution in [3.8, 4) is 11.1 Å². The second kappa shape index (κ2) is 10.3. The zero-order chi connectivity index (χ0) is 25.1. The van der Waals surface area contributed by atoms with Crippen LogP contribution in [0.4, 0.5) is 10.5 Å². The number of hydroxylamine groups is 1. The minimum atomic E-state index is -3.88. The number of hydrogen-bond donors (Lipinski definition) is 1. The number of ether oxygens (including phenoxy) is 2. The van der Waals surface area contributed by atoms with E-state index >= 15 is 0 Å². The summed E-state index contributed by atoms with van der Waals surface area (Å²) in [6.45, 7) is 1.95. The number of carbonyl (C=O) groups is 2. The van der Waals surface area contributed by atoms with Crippen LogP contribution in [0, 0.1) is 0 Å². The Bertz CT molecular complexity index is 1150. The summed E-state index contributed by atoms with van der Waals surface area (Å²) in [6.07, 6.45) is 1.18. The number of nitrogens with one attached hydrogen (secondary N) is 1. The number of nitrogens with zero attached hydrogens (tertiary/aromatic N) is 1. The Morgan fingerprint density at radius 2 is 1.80 bits per heavy atom. The molecule has 2 aromatic rings. The van der Waals surface area contributed by atoms with Gasteiger partial charge in [0.05, 0.1) is 6.54 Å². The summed E-state index contributed by atoms with van der Waals surface area (Å²) in [4.78, 5) is 32.3. The van der Waals surface area contributed by atoms with Gasteiger partial charge in [0.2, 0.25) is 0 Å². The van der Waals surface area contributed by atoms with E-state index in [4.69, 9.17) is 14.3 Å². The lowest BCUT2D eigenvalue weighted by molar-refractivity contribution is -0.201. The third kappa shape index (κ3) is 5.66. The molecule has 35 heavy (non-hydrogen) atoms. The highest BCUT2D eigenvalue weighted by molar-refractivity contribution is 7.92. The van der Waals surface area contributed by atoms with Gasteiger partial charge in [-0.05, 0) is 43.0 Å². The van der Waals surface area contributed by atoms with Crippen LogP contribution >= 0.6 is 0 Å². The van der Waals surface area contributed by atoms with Crippen LogP contribution in [0.3, 0.4) is 0 Å². The lowest BCUT2D eigenvalue weighted by Crippen LogP contribution is -2.53. The summed E-state index contributed by atoms with van der Waals surface area (Å²) in [6, 6.07) is 17.3. The van der Waals surface area contributed by atoms with Crippen molar-refractivity contribution in [3.63, 3.8) is 0 Å². The van der Waals surface area contributed by atoms with E-state index < -0.39 is 39.0 Å². The highest BCUT2D eigenvalue weighted by Crippen LogP contribution is 2.31. The van der Waals surface area contributed by atoms with Gasteiger partial charge in [0.1, 0.15) is 6.10 Å². The third-order valence-corrected chi connectivity index (χ3v) is 8.49. The molecule has 2 aromatic carbocycles. The summed E-state index contributed by atoms with van der Waals surface area (Å²) in [5.41, 5.74) is 4.93. The van der Waals surface area contributed by atoms with Crippen molar-refractivity contribution >= 4 is 27.5 Å². The summed E-state index contributed by atoms with van der Waals surface area (Å²) in [5, 5.41) is 0. The molecule has 3 atom stereocenters. The number of carbonyl (C=O) groups excluding carboxylic acids is 2. The Morgan fingerprint density at radius 3 is 2.43 bits per heavy atom. The quantitative estimate of drug-likeness (QED) is 0.551. The average molecular weight is 503 g/mol. The Balaban J connectivity index is 1.43. The molecule has 0 aliphatic carbocycles. The first-order valence-corrected chi connectivity index (χ1v) is 13.5. The van der Waals surface area contributed by atoms with E-state index in [2.05, 4.69) is 5.48 Å². The summed E-state index contributed by atoms with van der Waals surface area (Å²) >= 11 is 0. The fourth-order valence-corrected chi connectivity index (χ4v) is 5.05. The Labute approximate surface area is 205 Å². The first-order valence-electron chi connectivity index (χ1n) is 11.6. The Kier molecular flexibility index (Phi) is 7.44. The second-order valence-electron chi connectivity index (χ2n) is 9.08. The molecule has 1 unspecified atom stereocenters. The molecule has 2 amide bonds. The highest BCUT2D eigenvalue weighted by atomic mass is 32.2. The molecular formula is C25H30N2O7S. The molecular weight excluding hydrogens is 472 g/mol. The van der Waals surface area contributed by atoms with Crippen LogP contribution < -0.4 is 10.4 Å². The third-order valence-electron chi connectivity index (χ3n) is 6.50. The topological polar surface area (TPSA) is 111 Å². The van der Waals surface area contributed by atoms with Crippen LogP contribution in [0.15, 0.2) is 54.6 Å². The van der Waals surface area contributed by atoms with Gasteiger partial charge in [-0.2, -0.15) is 0 Å². The average Bonchev–Trinajstić information content (AvgIpc) is 3.22. The van der Waals surface area contributed by atoms with Crippen molar-refractivity contribution < 1.29 is 32.3 Å². The number of sulfone groups is 1. The first-order chi connectivity index (χ1) is 16.7. The largest absolute Gasteiger partial charge is 0.444 e. The first kappa shape index (κ1) is 25.2. The highest BCUT2D eigenvalue weighted by Gasteiger charge is 2.48. The SMILES string of the molecule is C[C@@](C[C@H]1CN(c2ccc(-c3ccccc3)cc2)C(=O)O1)(C(=O)NOC1CCCCO1)S(C)(=O)=O. The monoisotopic (exact) mass is 502 g/mol. The summed E-state index contributed by atoms with van der Waals surface area (Å²) < 4.78 is 34.3. The molecule has 9 nitrogen and oxygen atoms in total. The lowest BCUT2D eigenvalue weighted by atomic mass is 10.0. The van der Waals surface area contributed by atoms with E-state index in [1.54, 1.807) is 0 Å². The zero-order valence-corrected chi connectivity index (χ0v) is 20.6. The molecule has 188 valence electrons. The maximum absolute atomic E-state index is 12.9. The molecule has 2 heterocycles. The molecule has 4 rings (SSSR count). The van der Waals surface area contributed by atoms with Crippen LogP contribution in [-0.4, -0.2) is 57.0 Å². The molecule has 0 bridgehead atoms. The van der Waals surface area contributed by atoms with Gasteiger partial charge in [0, 0.05) is 31.4 Å². The van der Waals surface area contributed by atoms with Gasteiger partial charge in [-0.15, -0.1) is 0 Å². The van der Waals surface area contributed by atoms with Gasteiger partial charge in [-0.3, -0.25) is 9.69 Å². The fraction of sp³-hybridized carbons (Fsp3) is 0.440. The number of hydrogen-bond acceptors (Lipinski definition) is 7. The number of cyclic esters (lactones) is 1. The predicted molar refractivity (Wildman–Crippen MR) is 130 cm³/mol. The van der Waals surface area contributed by atoms with Crippen LogP contribution in [0.2, 0.25) is 0 Å². The molecule has 0 saturated carbocycles. The van der Waals surface area contributed by atoms with Crippen LogP contribution in [0.1, 0.15) is 32.6 Å². The minimum Gasteiger partial charge on any atom is -0.444 e. The van der Waals surface area contributed by atoms with Crippen LogP contribution in [-0.2, 0) is 28.9 Å².